The molecule has 0 spiro atoms. The number of esters is 1. The van der Waals surface area contributed by atoms with E-state index in [2.05, 4.69) is 25.0 Å². The van der Waals surface area contributed by atoms with Gasteiger partial charge in [0.05, 0.1) is 12.6 Å². The van der Waals surface area contributed by atoms with Crippen LogP contribution in [-0.4, -0.2) is 50.1 Å². The number of hydrogen-bond donors (Lipinski definition) is 1. The maximum Gasteiger partial charge on any atom is 0.421 e. The predicted molar refractivity (Wildman–Crippen MR) is 123 cm³/mol. The van der Waals surface area contributed by atoms with Crippen molar-refractivity contribution in [3.63, 3.8) is 0 Å². The number of carbonyl (C=O) groups excluding carboxylic acids is 2. The van der Waals surface area contributed by atoms with Gasteiger partial charge in [0.15, 0.2) is 5.58 Å². The monoisotopic (exact) mass is 466 g/mol. The van der Waals surface area contributed by atoms with E-state index >= 15 is 0 Å². The van der Waals surface area contributed by atoms with Crippen LogP contribution in [0.25, 0.3) is 11.1 Å². The molecule has 10 heteroatoms. The summed E-state index contributed by atoms with van der Waals surface area (Å²) in [5.74, 6) is -1.12. The number of amides is 1. The summed E-state index contributed by atoms with van der Waals surface area (Å²) in [6.07, 6.45) is -0.578. The van der Waals surface area contributed by atoms with Gasteiger partial charge in [-0.3, -0.25) is 0 Å². The molecular formula is C22H34N2O7Si. The van der Waals surface area contributed by atoms with Gasteiger partial charge in [-0.2, -0.15) is 0 Å². The van der Waals surface area contributed by atoms with Crippen molar-refractivity contribution in [2.45, 2.75) is 71.3 Å². The quantitative estimate of drug-likeness (QED) is 0.342. The highest BCUT2D eigenvalue weighted by atomic mass is 28.3. The molecule has 0 saturated heterocycles. The average molecular weight is 467 g/mol. The number of nitrogens with one attached hydrogen (secondary N) is 1. The van der Waals surface area contributed by atoms with Crippen molar-refractivity contribution in [3.05, 3.63) is 34.3 Å². The van der Waals surface area contributed by atoms with Crippen LogP contribution in [0.5, 0.6) is 0 Å². The molecule has 32 heavy (non-hydrogen) atoms. The Labute approximate surface area is 189 Å². The van der Waals surface area contributed by atoms with Crippen LogP contribution >= 0.6 is 0 Å². The van der Waals surface area contributed by atoms with E-state index in [-0.39, 0.29) is 13.2 Å². The first-order valence-electron chi connectivity index (χ1n) is 10.6. The van der Waals surface area contributed by atoms with E-state index in [1.54, 1.807) is 39.0 Å². The van der Waals surface area contributed by atoms with Gasteiger partial charge in [-0.25, -0.2) is 19.0 Å². The average Bonchev–Trinajstić information content (AvgIpc) is 2.96. The fourth-order valence-electron chi connectivity index (χ4n) is 2.92. The Morgan fingerprint density at radius 2 is 1.91 bits per heavy atom. The smallest absolute Gasteiger partial charge is 0.421 e. The molecule has 1 aromatic heterocycles. The van der Waals surface area contributed by atoms with Gasteiger partial charge in [0.25, 0.3) is 0 Å². The number of hydrogen-bond acceptors (Lipinski definition) is 7. The van der Waals surface area contributed by atoms with E-state index in [9.17, 15) is 14.4 Å². The van der Waals surface area contributed by atoms with Crippen molar-refractivity contribution in [3.8, 4) is 0 Å². The summed E-state index contributed by atoms with van der Waals surface area (Å²) < 4.78 is 22.5. The summed E-state index contributed by atoms with van der Waals surface area (Å²) in [6.45, 7) is 12.7. The number of methoxy groups -OCH3 is 1. The summed E-state index contributed by atoms with van der Waals surface area (Å²) in [6, 6.07) is 5.22. The molecule has 0 unspecified atom stereocenters. The first-order valence-corrected chi connectivity index (χ1v) is 14.3. The number of nitrogens with zero attached hydrogens (tertiary/aromatic N) is 1. The molecule has 0 fully saturated rings. The van der Waals surface area contributed by atoms with Gasteiger partial charge >= 0.3 is 17.8 Å². The second kappa shape index (κ2) is 10.3. The minimum Gasteiger partial charge on any atom is -0.467 e. The molecule has 2 aromatic rings. The van der Waals surface area contributed by atoms with Crippen LogP contribution in [0.1, 0.15) is 26.3 Å². The Balaban J connectivity index is 2.13. The molecule has 178 valence electrons. The number of carbonyl (C=O) groups is 2. The van der Waals surface area contributed by atoms with E-state index in [0.29, 0.717) is 23.3 Å². The zero-order valence-corrected chi connectivity index (χ0v) is 20.9. The SMILES string of the molecule is COC(=O)[C@H](Cc1ccc2c(c1)oc(=O)n2COCC[Si](C)(C)C)NC(=O)OC(C)(C)C. The van der Waals surface area contributed by atoms with Crippen LogP contribution < -0.4 is 11.1 Å². The Morgan fingerprint density at radius 1 is 1.22 bits per heavy atom. The second-order valence-electron chi connectivity index (χ2n) is 9.87. The molecule has 1 amide bonds. The summed E-state index contributed by atoms with van der Waals surface area (Å²) in [4.78, 5) is 36.6. The lowest BCUT2D eigenvalue weighted by atomic mass is 10.1. The van der Waals surface area contributed by atoms with Gasteiger partial charge in [0.2, 0.25) is 0 Å². The van der Waals surface area contributed by atoms with Gasteiger partial charge < -0.3 is 23.9 Å². The fourth-order valence-corrected chi connectivity index (χ4v) is 3.67. The number of fused-ring (bicyclic) bond motifs is 1. The molecule has 1 N–H and O–H groups in total. The zero-order valence-electron chi connectivity index (χ0n) is 19.9. The highest BCUT2D eigenvalue weighted by molar-refractivity contribution is 6.76. The molecule has 0 bridgehead atoms. The van der Waals surface area contributed by atoms with E-state index in [1.807, 2.05) is 0 Å². The molecule has 0 aliphatic heterocycles. The van der Waals surface area contributed by atoms with E-state index < -0.39 is 37.5 Å². The molecule has 1 aromatic carbocycles. The lowest BCUT2D eigenvalue weighted by Crippen LogP contribution is -2.45. The third-order valence-corrected chi connectivity index (χ3v) is 6.27. The Hall–Kier alpha value is -2.59. The molecule has 1 heterocycles. The van der Waals surface area contributed by atoms with Gasteiger partial charge in [-0.05, 0) is 44.5 Å². The Bertz CT molecular complexity index is 998. The predicted octanol–water partition coefficient (Wildman–Crippen LogP) is 3.52. The first kappa shape index (κ1) is 25.7. The lowest BCUT2D eigenvalue weighted by molar-refractivity contribution is -0.143. The number of aromatic nitrogens is 1. The molecule has 0 aliphatic rings. The summed E-state index contributed by atoms with van der Waals surface area (Å²) >= 11 is 0. The summed E-state index contributed by atoms with van der Waals surface area (Å²) in [7, 11) is 0.0266. The topological polar surface area (TPSA) is 109 Å². The maximum absolute atomic E-state index is 12.3. The van der Waals surface area contributed by atoms with E-state index in [0.717, 1.165) is 6.04 Å². The van der Waals surface area contributed by atoms with Crippen molar-refractivity contribution in [1.82, 2.24) is 9.88 Å². The van der Waals surface area contributed by atoms with Crippen LogP contribution in [-0.2, 0) is 32.2 Å². The normalized spacial score (nSPS) is 13.1. The molecule has 0 radical (unpaired) electrons. The molecular weight excluding hydrogens is 432 g/mol. The standard InChI is InChI=1S/C22H34N2O7Si/c1-22(2,3)31-20(26)23-16(19(25)28-4)12-15-8-9-17-18(13-15)30-21(27)24(17)14-29-10-11-32(5,6)7/h8-9,13,16H,10-12,14H2,1-7H3,(H,23,26)/t16-/m0/s1. The molecule has 0 aliphatic carbocycles. The largest absolute Gasteiger partial charge is 0.467 e. The maximum atomic E-state index is 12.3. The highest BCUT2D eigenvalue weighted by Gasteiger charge is 2.25. The van der Waals surface area contributed by atoms with Crippen molar-refractivity contribution in [1.29, 1.82) is 0 Å². The Kier molecular flexibility index (Phi) is 8.30. The number of benzene rings is 1. The zero-order chi connectivity index (χ0) is 24.1. The fraction of sp³-hybridized carbons (Fsp3) is 0.591. The molecule has 2 rings (SSSR count). The van der Waals surface area contributed by atoms with Crippen LogP contribution in [0, 0.1) is 0 Å². The van der Waals surface area contributed by atoms with Crippen molar-refractivity contribution in [2.24, 2.45) is 0 Å². The van der Waals surface area contributed by atoms with Gasteiger partial charge in [-0.15, -0.1) is 0 Å². The van der Waals surface area contributed by atoms with Crippen LogP contribution in [0.2, 0.25) is 25.7 Å². The number of ether oxygens (including phenoxy) is 3. The Morgan fingerprint density at radius 3 is 2.50 bits per heavy atom. The van der Waals surface area contributed by atoms with Crippen LogP contribution in [0.3, 0.4) is 0 Å². The second-order valence-corrected chi connectivity index (χ2v) is 15.5. The van der Waals surface area contributed by atoms with Crippen molar-refractivity contribution in [2.75, 3.05) is 13.7 Å². The first-order chi connectivity index (χ1) is 14.8. The summed E-state index contributed by atoms with van der Waals surface area (Å²) in [5.41, 5.74) is 0.959. The van der Waals surface area contributed by atoms with E-state index in [1.165, 1.54) is 11.7 Å². The van der Waals surface area contributed by atoms with Gasteiger partial charge in [0.1, 0.15) is 18.4 Å². The number of rotatable bonds is 9. The third kappa shape index (κ3) is 7.83. The lowest BCUT2D eigenvalue weighted by Gasteiger charge is -2.22. The third-order valence-electron chi connectivity index (χ3n) is 4.57. The number of alkyl carbamates (subject to hydrolysis) is 1. The van der Waals surface area contributed by atoms with Gasteiger partial charge in [-0.1, -0.05) is 25.7 Å². The molecule has 9 nitrogen and oxygen atoms in total. The van der Waals surface area contributed by atoms with Crippen molar-refractivity contribution < 1.29 is 28.2 Å². The molecule has 0 saturated carbocycles. The van der Waals surface area contributed by atoms with Crippen molar-refractivity contribution >= 4 is 31.2 Å². The van der Waals surface area contributed by atoms with Crippen LogP contribution in [0.15, 0.2) is 27.4 Å². The minimum atomic E-state index is -1.22. The van der Waals surface area contributed by atoms with E-state index in [4.69, 9.17) is 18.6 Å². The number of oxazole rings is 1. The minimum absolute atomic E-state index is 0.112. The van der Waals surface area contributed by atoms with Gasteiger partial charge in [0, 0.05) is 21.1 Å². The molecule has 1 atom stereocenters. The summed E-state index contributed by atoms with van der Waals surface area (Å²) in [5, 5.41) is 2.53. The van der Waals surface area contributed by atoms with Crippen LogP contribution in [0.4, 0.5) is 4.79 Å². The highest BCUT2D eigenvalue weighted by Crippen LogP contribution is 2.18.